The fourth-order valence-corrected chi connectivity index (χ4v) is 4.37. The molecule has 147 valence electrons. The Bertz CT molecular complexity index is 1080. The first-order chi connectivity index (χ1) is 13.0. The molecule has 0 unspecified atom stereocenters. The summed E-state index contributed by atoms with van der Waals surface area (Å²) in [5, 5.41) is 9.77. The summed E-state index contributed by atoms with van der Waals surface area (Å²) >= 11 is 1.69. The number of hydrogen-bond acceptors (Lipinski definition) is 4. The second kappa shape index (κ2) is 8.24. The van der Waals surface area contributed by atoms with E-state index in [1.165, 1.54) is 16.8 Å². The molecule has 4 nitrogen and oxygen atoms in total. The van der Waals surface area contributed by atoms with Crippen molar-refractivity contribution in [1.82, 2.24) is 19.7 Å². The molecule has 0 aliphatic carbocycles. The van der Waals surface area contributed by atoms with Crippen LogP contribution in [0.4, 0.5) is 0 Å². The van der Waals surface area contributed by atoms with Crippen LogP contribution < -0.4 is 0 Å². The second-order valence-electron chi connectivity index (χ2n) is 7.42. The van der Waals surface area contributed by atoms with Crippen LogP contribution in [0, 0.1) is 13.0 Å². The molecule has 4 aromatic rings. The van der Waals surface area contributed by atoms with Gasteiger partial charge >= 0.3 is 0 Å². The van der Waals surface area contributed by atoms with E-state index < -0.39 is 0 Å². The number of thiazole rings is 1. The van der Waals surface area contributed by atoms with E-state index in [2.05, 4.69) is 72.8 Å². The molecule has 0 aliphatic heterocycles. The predicted octanol–water partition coefficient (Wildman–Crippen LogP) is 5.90. The van der Waals surface area contributed by atoms with Crippen molar-refractivity contribution in [2.45, 2.75) is 46.5 Å². The fraction of sp³-hybridized carbons (Fsp3) is 0.318. The van der Waals surface area contributed by atoms with Crippen molar-refractivity contribution in [2.75, 3.05) is 0 Å². The SMILES string of the molecule is Cc1nc2c(-c3nncn3-c3c(C(C)C)cccc3C(C)C)[c-]ccc2s1.[Ir]. The van der Waals surface area contributed by atoms with Crippen LogP contribution in [-0.4, -0.2) is 19.7 Å². The first kappa shape index (κ1) is 20.8. The molecule has 6 heteroatoms. The molecule has 0 aliphatic rings. The molecule has 2 aromatic carbocycles. The molecule has 0 N–H and O–H groups in total. The third-order valence-electron chi connectivity index (χ3n) is 4.81. The van der Waals surface area contributed by atoms with Crippen LogP contribution in [0.1, 0.15) is 55.7 Å². The summed E-state index contributed by atoms with van der Waals surface area (Å²) < 4.78 is 3.27. The average molecular weight is 568 g/mol. The van der Waals surface area contributed by atoms with Crippen LogP contribution in [0.3, 0.4) is 0 Å². The molecule has 0 spiro atoms. The summed E-state index contributed by atoms with van der Waals surface area (Å²) in [5.41, 5.74) is 5.62. The third kappa shape index (κ3) is 3.57. The number of aromatic nitrogens is 4. The smallest absolute Gasteiger partial charge is 0.114 e. The van der Waals surface area contributed by atoms with Gasteiger partial charge in [-0.15, -0.1) is 34.6 Å². The fourth-order valence-electron chi connectivity index (χ4n) is 3.53. The van der Waals surface area contributed by atoms with Crippen LogP contribution in [0.25, 0.3) is 27.3 Å². The maximum absolute atomic E-state index is 4.73. The van der Waals surface area contributed by atoms with E-state index in [1.807, 2.05) is 19.3 Å². The van der Waals surface area contributed by atoms with Gasteiger partial charge in [0.2, 0.25) is 0 Å². The van der Waals surface area contributed by atoms with Crippen molar-refractivity contribution >= 4 is 21.6 Å². The number of benzene rings is 2. The van der Waals surface area contributed by atoms with E-state index in [0.29, 0.717) is 11.8 Å². The minimum Gasteiger partial charge on any atom is -0.322 e. The van der Waals surface area contributed by atoms with E-state index >= 15 is 0 Å². The van der Waals surface area contributed by atoms with Crippen molar-refractivity contribution in [3.05, 3.63) is 58.9 Å². The Morgan fingerprint density at radius 2 is 1.71 bits per heavy atom. The summed E-state index contributed by atoms with van der Waals surface area (Å²) in [5.74, 6) is 1.59. The standard InChI is InChI=1S/C22H23N4S.Ir/c1-13(2)16-8-6-9-17(14(3)4)21(16)26-12-23-25-22(26)18-10-7-11-19-20(18)24-15(5)27-19;/h6-9,11-14H,1-5H3;/q-1;. The molecule has 0 fully saturated rings. The number of para-hydroxylation sites is 1. The van der Waals surface area contributed by atoms with E-state index in [0.717, 1.165) is 26.6 Å². The summed E-state index contributed by atoms with van der Waals surface area (Å²) in [6.45, 7) is 10.9. The Morgan fingerprint density at radius 3 is 2.36 bits per heavy atom. The van der Waals surface area contributed by atoms with Gasteiger partial charge in [0, 0.05) is 31.3 Å². The van der Waals surface area contributed by atoms with Gasteiger partial charge in [0.1, 0.15) is 6.33 Å². The maximum Gasteiger partial charge on any atom is 0.114 e. The Kier molecular flexibility index (Phi) is 6.13. The van der Waals surface area contributed by atoms with E-state index in [1.54, 1.807) is 11.3 Å². The molecule has 0 amide bonds. The normalized spacial score (nSPS) is 11.4. The number of aryl methyl sites for hydroxylation is 1. The summed E-state index contributed by atoms with van der Waals surface area (Å²) in [6.07, 6.45) is 1.81. The first-order valence-electron chi connectivity index (χ1n) is 9.28. The van der Waals surface area contributed by atoms with E-state index in [-0.39, 0.29) is 20.1 Å². The van der Waals surface area contributed by atoms with E-state index in [9.17, 15) is 0 Å². The number of hydrogen-bond donors (Lipinski definition) is 0. The Morgan fingerprint density at radius 1 is 1.04 bits per heavy atom. The Hall–Kier alpha value is -1.88. The van der Waals surface area contributed by atoms with Crippen molar-refractivity contribution < 1.29 is 20.1 Å². The third-order valence-corrected chi connectivity index (χ3v) is 5.75. The van der Waals surface area contributed by atoms with Crippen molar-refractivity contribution in [3.63, 3.8) is 0 Å². The molecule has 0 saturated carbocycles. The van der Waals surface area contributed by atoms with Crippen molar-refractivity contribution in [2.24, 2.45) is 0 Å². The van der Waals surface area contributed by atoms with E-state index in [4.69, 9.17) is 4.98 Å². The minimum atomic E-state index is 0. The number of nitrogens with zero attached hydrogens (tertiary/aromatic N) is 4. The zero-order valence-corrected chi connectivity index (χ0v) is 19.9. The molecule has 4 rings (SSSR count). The van der Waals surface area contributed by atoms with Gasteiger partial charge in [-0.05, 0) is 34.6 Å². The zero-order chi connectivity index (χ0) is 19.1. The van der Waals surface area contributed by atoms with Gasteiger partial charge in [-0.2, -0.15) is 5.10 Å². The van der Waals surface area contributed by atoms with Crippen molar-refractivity contribution in [3.8, 4) is 17.1 Å². The van der Waals surface area contributed by atoms with Gasteiger partial charge in [0.05, 0.1) is 10.8 Å². The quantitative estimate of drug-likeness (QED) is 0.289. The molecule has 28 heavy (non-hydrogen) atoms. The Balaban J connectivity index is 0.00000225. The second-order valence-corrected chi connectivity index (χ2v) is 8.65. The monoisotopic (exact) mass is 568 g/mol. The van der Waals surface area contributed by atoms with Gasteiger partial charge in [-0.3, -0.25) is 4.98 Å². The molecule has 0 atom stereocenters. The molecular weight excluding hydrogens is 545 g/mol. The van der Waals surface area contributed by atoms with Gasteiger partial charge < -0.3 is 4.57 Å². The molecule has 0 bridgehead atoms. The summed E-state index contributed by atoms with van der Waals surface area (Å²) in [6, 6.07) is 13.9. The zero-order valence-electron chi connectivity index (χ0n) is 16.6. The van der Waals surface area contributed by atoms with Crippen molar-refractivity contribution in [1.29, 1.82) is 0 Å². The molecule has 2 heterocycles. The average Bonchev–Trinajstić information content (AvgIpc) is 3.25. The van der Waals surface area contributed by atoms with Gasteiger partial charge in [0.15, 0.2) is 0 Å². The molecule has 1 radical (unpaired) electrons. The van der Waals surface area contributed by atoms with Crippen LogP contribution in [0.15, 0.2) is 36.7 Å². The Labute approximate surface area is 183 Å². The molecule has 0 saturated heterocycles. The van der Waals surface area contributed by atoms with Crippen LogP contribution in [-0.2, 0) is 20.1 Å². The number of fused-ring (bicyclic) bond motifs is 1. The van der Waals surface area contributed by atoms with Gasteiger partial charge in [0.25, 0.3) is 0 Å². The number of rotatable bonds is 4. The summed E-state index contributed by atoms with van der Waals surface area (Å²) in [4.78, 5) is 4.73. The maximum atomic E-state index is 4.73. The molecular formula is C22H23IrN4S-. The van der Waals surface area contributed by atoms with Crippen LogP contribution >= 0.6 is 11.3 Å². The molecule has 2 aromatic heterocycles. The van der Waals surface area contributed by atoms with Crippen LogP contribution in [0.5, 0.6) is 0 Å². The van der Waals surface area contributed by atoms with Crippen LogP contribution in [0.2, 0.25) is 0 Å². The van der Waals surface area contributed by atoms with Gasteiger partial charge in [-0.25, -0.2) is 0 Å². The predicted molar refractivity (Wildman–Crippen MR) is 112 cm³/mol. The first-order valence-corrected chi connectivity index (χ1v) is 10.1. The topological polar surface area (TPSA) is 43.6 Å². The minimum absolute atomic E-state index is 0. The summed E-state index contributed by atoms with van der Waals surface area (Å²) in [7, 11) is 0. The largest absolute Gasteiger partial charge is 0.322 e. The van der Waals surface area contributed by atoms with Gasteiger partial charge in [-0.1, -0.05) is 51.5 Å².